The van der Waals surface area contributed by atoms with Crippen molar-refractivity contribution >= 4 is 0 Å². The lowest BCUT2D eigenvalue weighted by atomic mass is 10.1. The quantitative estimate of drug-likeness (QED) is 0.682. The predicted molar refractivity (Wildman–Crippen MR) is 55.7 cm³/mol. The highest BCUT2D eigenvalue weighted by atomic mass is 16.5. The van der Waals surface area contributed by atoms with E-state index < -0.39 is 0 Å². The molecule has 0 bridgehead atoms. The first kappa shape index (κ1) is 5.82. The van der Waals surface area contributed by atoms with Gasteiger partial charge in [0.1, 0.15) is 0 Å². The van der Waals surface area contributed by atoms with E-state index in [2.05, 4.69) is 0 Å². The Hall–Kier alpha value is -0.820. The van der Waals surface area contributed by atoms with Gasteiger partial charge < -0.3 is 4.74 Å². The van der Waals surface area contributed by atoms with Crippen LogP contribution < -0.4 is 0 Å². The lowest BCUT2D eigenvalue weighted by Gasteiger charge is -2.19. The molecule has 0 atom stereocenters. The van der Waals surface area contributed by atoms with Crippen LogP contribution in [0.25, 0.3) is 0 Å². The van der Waals surface area contributed by atoms with Crippen molar-refractivity contribution in [1.29, 1.82) is 0 Å². The van der Waals surface area contributed by atoms with Crippen LogP contribution in [0.5, 0.6) is 0 Å². The van der Waals surface area contributed by atoms with E-state index in [4.69, 9.17) is 10.2 Å². The summed E-state index contributed by atoms with van der Waals surface area (Å²) in [5.74, 6) is 0. The van der Waals surface area contributed by atoms with E-state index in [1.807, 2.05) is 20.8 Å². The minimum atomic E-state index is -0.367. The van der Waals surface area contributed by atoms with Gasteiger partial charge in [-0.3, -0.25) is 0 Å². The molecular weight excluding hydrogens is 160 g/mol. The van der Waals surface area contributed by atoms with Gasteiger partial charge in [-0.2, -0.15) is 0 Å². The lowest BCUT2D eigenvalue weighted by molar-refractivity contribution is -0.0149. The zero-order valence-electron chi connectivity index (χ0n) is 12.6. The van der Waals surface area contributed by atoms with Gasteiger partial charge in [0.15, 0.2) is 0 Å². The summed E-state index contributed by atoms with van der Waals surface area (Å²) in [6, 6.07) is 0.0116. The number of ether oxygens (including phenoxy) is 1. The third-order valence-electron chi connectivity index (χ3n) is 1.45. The third-order valence-corrected chi connectivity index (χ3v) is 1.45. The van der Waals surface area contributed by atoms with Crippen LogP contribution >= 0.6 is 0 Å². The Kier molecular flexibility index (Phi) is 1.76. The molecule has 0 aliphatic rings. The van der Waals surface area contributed by atoms with E-state index in [-0.39, 0.29) is 36.4 Å². The first-order valence-electron chi connectivity index (χ1n) is 6.35. The summed E-state index contributed by atoms with van der Waals surface area (Å²) in [6.45, 7) is 7.35. The van der Waals surface area contributed by atoms with Crippen molar-refractivity contribution in [2.24, 2.45) is 0 Å². The first-order chi connectivity index (χ1) is 7.65. The molecule has 13 heavy (non-hydrogen) atoms. The normalized spacial score (nSPS) is 16.0. The maximum atomic E-state index is 7.81. The van der Waals surface area contributed by atoms with Gasteiger partial charge in [0.05, 0.1) is 17.7 Å². The van der Waals surface area contributed by atoms with Crippen LogP contribution in [-0.4, -0.2) is 5.60 Å². The molecule has 1 aromatic rings. The molecule has 0 aliphatic carbocycles. The van der Waals surface area contributed by atoms with Gasteiger partial charge in [-0.1, -0.05) is 29.7 Å². The second-order valence-corrected chi connectivity index (χ2v) is 4.00. The lowest BCUT2D eigenvalue weighted by Crippen LogP contribution is -2.18. The zero-order valence-corrected chi connectivity index (χ0v) is 8.62. The molecule has 1 aromatic carbocycles. The van der Waals surface area contributed by atoms with E-state index in [0.29, 0.717) is 11.1 Å². The highest BCUT2D eigenvalue weighted by Crippen LogP contribution is 2.12. The SMILES string of the molecule is [2H]c1c([2H])c(COC(C)(C)C)c([2H])c([2H])c1C. The predicted octanol–water partition coefficient (Wildman–Crippen LogP) is 3.31. The Balaban J connectivity index is 3.16. The summed E-state index contributed by atoms with van der Waals surface area (Å²) in [6.07, 6.45) is 0. The second-order valence-electron chi connectivity index (χ2n) is 4.00. The average molecular weight is 182 g/mol. The number of hydrogen-bond donors (Lipinski definition) is 0. The molecule has 0 fully saturated rings. The van der Waals surface area contributed by atoms with Gasteiger partial charge in [-0.25, -0.2) is 0 Å². The van der Waals surface area contributed by atoms with Crippen molar-refractivity contribution in [3.63, 3.8) is 0 Å². The minimum absolute atomic E-state index is 0.00671. The van der Waals surface area contributed by atoms with Crippen LogP contribution in [-0.2, 0) is 11.3 Å². The number of rotatable bonds is 2. The summed E-state index contributed by atoms with van der Waals surface area (Å²) in [7, 11) is 0. The molecule has 0 unspecified atom stereocenters. The van der Waals surface area contributed by atoms with Gasteiger partial charge in [-0.05, 0) is 33.3 Å². The third kappa shape index (κ3) is 4.09. The first-order valence-corrected chi connectivity index (χ1v) is 4.35. The van der Waals surface area contributed by atoms with Crippen LogP contribution in [0.4, 0.5) is 0 Å². The van der Waals surface area contributed by atoms with E-state index >= 15 is 0 Å². The van der Waals surface area contributed by atoms with Crippen molar-refractivity contribution in [2.45, 2.75) is 39.9 Å². The van der Waals surface area contributed by atoms with Crippen molar-refractivity contribution in [3.05, 3.63) is 35.3 Å². The fraction of sp³-hybridized carbons (Fsp3) is 0.500. The summed E-state index contributed by atoms with van der Waals surface area (Å²) >= 11 is 0. The Morgan fingerprint density at radius 2 is 1.77 bits per heavy atom. The molecule has 0 spiro atoms. The molecule has 0 heterocycles. The zero-order chi connectivity index (χ0) is 13.4. The Bertz CT molecular complexity index is 406. The minimum Gasteiger partial charge on any atom is -0.371 e. The van der Waals surface area contributed by atoms with E-state index in [1.54, 1.807) is 6.92 Å². The van der Waals surface area contributed by atoms with Gasteiger partial charge in [-0.15, -0.1) is 0 Å². The topological polar surface area (TPSA) is 9.23 Å². The van der Waals surface area contributed by atoms with Crippen molar-refractivity contribution in [2.75, 3.05) is 0 Å². The van der Waals surface area contributed by atoms with Gasteiger partial charge in [0, 0.05) is 0 Å². The monoisotopic (exact) mass is 182 g/mol. The standard InChI is InChI=1S/C12H18O/c1-10-5-7-11(8-6-10)9-13-12(2,3)4/h5-8H,9H2,1-4H3/i5D,6D,7D,8D. The Morgan fingerprint density at radius 1 is 1.23 bits per heavy atom. The molecule has 0 amide bonds. The van der Waals surface area contributed by atoms with Crippen LogP contribution in [0.1, 0.15) is 37.4 Å². The Labute approximate surface area is 86.4 Å². The molecule has 0 N–H and O–H groups in total. The van der Waals surface area contributed by atoms with E-state index in [9.17, 15) is 0 Å². The van der Waals surface area contributed by atoms with Crippen LogP contribution in [0.15, 0.2) is 24.2 Å². The van der Waals surface area contributed by atoms with Crippen LogP contribution in [0, 0.1) is 6.92 Å². The number of benzene rings is 1. The molecule has 0 aliphatic heterocycles. The highest BCUT2D eigenvalue weighted by Gasteiger charge is 2.09. The molecule has 0 aromatic heterocycles. The Morgan fingerprint density at radius 3 is 2.23 bits per heavy atom. The summed E-state index contributed by atoms with van der Waals surface area (Å²) in [5.41, 5.74) is 0.328. The van der Waals surface area contributed by atoms with Crippen molar-refractivity contribution in [1.82, 2.24) is 0 Å². The molecule has 1 nitrogen and oxygen atoms in total. The van der Waals surface area contributed by atoms with Crippen molar-refractivity contribution < 1.29 is 10.2 Å². The number of hydrogen-bond acceptors (Lipinski definition) is 1. The fourth-order valence-electron chi connectivity index (χ4n) is 0.762. The maximum Gasteiger partial charge on any atom is 0.0724 e. The largest absolute Gasteiger partial charge is 0.371 e. The molecular formula is C12H18O. The van der Waals surface area contributed by atoms with Crippen LogP contribution in [0.2, 0.25) is 0 Å². The summed E-state index contributed by atoms with van der Waals surface area (Å²) < 4.78 is 36.6. The van der Waals surface area contributed by atoms with Gasteiger partial charge in [0.25, 0.3) is 0 Å². The van der Waals surface area contributed by atoms with Crippen LogP contribution in [0.3, 0.4) is 0 Å². The average Bonchev–Trinajstić information content (AvgIpc) is 2.22. The second kappa shape index (κ2) is 3.93. The summed E-state index contributed by atoms with van der Waals surface area (Å²) in [4.78, 5) is 0. The molecule has 1 rings (SSSR count). The molecule has 1 heteroatoms. The van der Waals surface area contributed by atoms with E-state index in [1.165, 1.54) is 0 Å². The molecule has 0 radical (unpaired) electrons. The van der Waals surface area contributed by atoms with Gasteiger partial charge >= 0.3 is 0 Å². The smallest absolute Gasteiger partial charge is 0.0724 e. The highest BCUT2D eigenvalue weighted by molar-refractivity contribution is 5.20. The van der Waals surface area contributed by atoms with E-state index in [0.717, 1.165) is 0 Å². The molecule has 0 saturated carbocycles. The maximum absolute atomic E-state index is 7.81. The molecule has 0 saturated heterocycles. The molecule has 72 valence electrons. The fourth-order valence-corrected chi connectivity index (χ4v) is 0.762. The van der Waals surface area contributed by atoms with Crippen molar-refractivity contribution in [3.8, 4) is 0 Å². The summed E-state index contributed by atoms with van der Waals surface area (Å²) in [5, 5.41) is 0. The van der Waals surface area contributed by atoms with Gasteiger partial charge in [0.2, 0.25) is 0 Å².